The summed E-state index contributed by atoms with van der Waals surface area (Å²) in [5, 5.41) is 14.9. The third-order valence-corrected chi connectivity index (χ3v) is 8.89. The monoisotopic (exact) mass is 504 g/mol. The third kappa shape index (κ3) is 5.33. The normalized spacial score (nSPS) is 13.4. The average Bonchev–Trinajstić information content (AvgIpc) is 3.45. The second-order valence-electron chi connectivity index (χ2n) is 7.85. The smallest absolute Gasteiger partial charge is 0.341 e. The fourth-order valence-electron chi connectivity index (χ4n) is 3.92. The van der Waals surface area contributed by atoms with E-state index < -0.39 is 0 Å². The Hall–Kier alpha value is -2.17. The SMILES string of the molecule is CCOC(=O)c1c(NC(=O)CSc2nnc(-c3csc(CC)c3)n2C)sc2c1CCCCC2. The molecule has 0 aliphatic heterocycles. The third-order valence-electron chi connectivity index (χ3n) is 5.58. The van der Waals surface area contributed by atoms with Crippen LogP contribution in [0.4, 0.5) is 5.00 Å². The largest absolute Gasteiger partial charge is 0.462 e. The molecule has 0 aromatic carbocycles. The molecule has 10 heteroatoms. The molecular weight excluding hydrogens is 476 g/mol. The zero-order chi connectivity index (χ0) is 23.4. The van der Waals surface area contributed by atoms with Crippen LogP contribution in [0, 0.1) is 0 Å². The summed E-state index contributed by atoms with van der Waals surface area (Å²) in [6.45, 7) is 4.24. The minimum atomic E-state index is -0.347. The molecule has 0 spiro atoms. The number of hydrogen-bond acceptors (Lipinski definition) is 8. The summed E-state index contributed by atoms with van der Waals surface area (Å²) < 4.78 is 7.22. The summed E-state index contributed by atoms with van der Waals surface area (Å²) >= 11 is 4.56. The molecule has 1 aliphatic rings. The molecule has 0 bridgehead atoms. The van der Waals surface area contributed by atoms with Crippen molar-refractivity contribution >= 4 is 51.3 Å². The molecule has 7 nitrogen and oxygen atoms in total. The predicted octanol–water partition coefficient (Wildman–Crippen LogP) is 5.34. The molecule has 1 N–H and O–H groups in total. The molecule has 3 aromatic heterocycles. The number of nitrogens with zero attached hydrogens (tertiary/aromatic N) is 3. The van der Waals surface area contributed by atoms with Gasteiger partial charge in [-0.2, -0.15) is 0 Å². The van der Waals surface area contributed by atoms with Crippen molar-refractivity contribution in [3.8, 4) is 11.4 Å². The van der Waals surface area contributed by atoms with Gasteiger partial charge in [0.05, 0.1) is 17.9 Å². The van der Waals surface area contributed by atoms with Gasteiger partial charge in [0.1, 0.15) is 5.00 Å². The summed E-state index contributed by atoms with van der Waals surface area (Å²) in [5.41, 5.74) is 2.64. The Morgan fingerprint density at radius 1 is 1.21 bits per heavy atom. The number of amides is 1. The molecule has 4 rings (SSSR count). The van der Waals surface area contributed by atoms with Gasteiger partial charge in [0.25, 0.3) is 0 Å². The van der Waals surface area contributed by atoms with Crippen LogP contribution in [0.1, 0.15) is 58.8 Å². The number of nitrogens with one attached hydrogen (secondary N) is 1. The van der Waals surface area contributed by atoms with Crippen LogP contribution in [0.2, 0.25) is 0 Å². The number of carbonyl (C=O) groups excluding carboxylic acids is 2. The van der Waals surface area contributed by atoms with E-state index in [2.05, 4.69) is 33.9 Å². The first-order valence-corrected chi connectivity index (χ1v) is 13.9. The number of fused-ring (bicyclic) bond motifs is 1. The minimum absolute atomic E-state index is 0.171. The number of hydrogen-bond donors (Lipinski definition) is 1. The second-order valence-corrected chi connectivity index (χ2v) is 10.9. The first kappa shape index (κ1) is 24.0. The van der Waals surface area contributed by atoms with E-state index in [1.165, 1.54) is 32.9 Å². The van der Waals surface area contributed by atoms with E-state index in [0.717, 1.165) is 55.5 Å². The van der Waals surface area contributed by atoms with Crippen molar-refractivity contribution in [3.05, 3.63) is 32.3 Å². The number of esters is 1. The van der Waals surface area contributed by atoms with Gasteiger partial charge in [0, 0.05) is 27.7 Å². The number of carbonyl (C=O) groups is 2. The molecule has 3 heterocycles. The van der Waals surface area contributed by atoms with Crippen molar-refractivity contribution in [2.24, 2.45) is 7.05 Å². The van der Waals surface area contributed by atoms with Crippen LogP contribution >= 0.6 is 34.4 Å². The Morgan fingerprint density at radius 2 is 2.03 bits per heavy atom. The molecule has 176 valence electrons. The Labute approximate surface area is 206 Å². The quantitative estimate of drug-likeness (QED) is 0.253. The van der Waals surface area contributed by atoms with Crippen LogP contribution in [0.15, 0.2) is 16.6 Å². The van der Waals surface area contributed by atoms with Crippen molar-refractivity contribution in [3.63, 3.8) is 0 Å². The summed E-state index contributed by atoms with van der Waals surface area (Å²) in [6.07, 6.45) is 6.11. The Bertz CT molecular complexity index is 1150. The van der Waals surface area contributed by atoms with Gasteiger partial charge in [-0.25, -0.2) is 4.79 Å². The van der Waals surface area contributed by atoms with Gasteiger partial charge in [0.2, 0.25) is 5.91 Å². The number of aryl methyl sites for hydroxylation is 2. The Kier molecular flexibility index (Phi) is 7.87. The molecule has 3 aromatic rings. The minimum Gasteiger partial charge on any atom is -0.462 e. The van der Waals surface area contributed by atoms with Crippen molar-refractivity contribution in [2.75, 3.05) is 17.7 Å². The van der Waals surface area contributed by atoms with E-state index in [9.17, 15) is 9.59 Å². The van der Waals surface area contributed by atoms with Crippen molar-refractivity contribution < 1.29 is 14.3 Å². The maximum absolute atomic E-state index is 12.8. The molecule has 1 aliphatic carbocycles. The van der Waals surface area contributed by atoms with Gasteiger partial charge in [-0.3, -0.25) is 4.79 Å². The summed E-state index contributed by atoms with van der Waals surface area (Å²) in [7, 11) is 1.91. The molecule has 33 heavy (non-hydrogen) atoms. The zero-order valence-electron chi connectivity index (χ0n) is 19.1. The van der Waals surface area contributed by atoms with Crippen molar-refractivity contribution in [2.45, 2.75) is 57.5 Å². The highest BCUT2D eigenvalue weighted by Gasteiger charge is 2.26. The molecule has 1 amide bonds. The summed E-state index contributed by atoms with van der Waals surface area (Å²) in [6, 6.07) is 2.13. The van der Waals surface area contributed by atoms with Crippen LogP contribution in [-0.4, -0.2) is 39.0 Å². The van der Waals surface area contributed by atoms with Crippen LogP contribution in [0.3, 0.4) is 0 Å². The van der Waals surface area contributed by atoms with Crippen molar-refractivity contribution in [1.82, 2.24) is 14.8 Å². The lowest BCUT2D eigenvalue weighted by molar-refractivity contribution is -0.113. The van der Waals surface area contributed by atoms with Crippen molar-refractivity contribution in [1.29, 1.82) is 0 Å². The molecule has 0 unspecified atom stereocenters. The van der Waals surface area contributed by atoms with Crippen LogP contribution in [-0.2, 0) is 35.8 Å². The molecule has 0 atom stereocenters. The topological polar surface area (TPSA) is 86.1 Å². The van der Waals surface area contributed by atoms with E-state index in [-0.39, 0.29) is 17.6 Å². The summed E-state index contributed by atoms with van der Waals surface area (Å²) in [5.74, 6) is 0.455. The highest BCUT2D eigenvalue weighted by atomic mass is 32.2. The molecular formula is C23H28N4O3S3. The Morgan fingerprint density at radius 3 is 2.79 bits per heavy atom. The number of thiophene rings is 2. The van der Waals surface area contributed by atoms with Gasteiger partial charge in [0.15, 0.2) is 11.0 Å². The number of rotatable bonds is 8. The average molecular weight is 505 g/mol. The first-order chi connectivity index (χ1) is 16.0. The molecule has 0 radical (unpaired) electrons. The first-order valence-electron chi connectivity index (χ1n) is 11.2. The highest BCUT2D eigenvalue weighted by Crippen LogP contribution is 2.38. The van der Waals surface area contributed by atoms with E-state index in [1.807, 2.05) is 11.6 Å². The fourth-order valence-corrected chi connectivity index (χ4v) is 6.74. The molecule has 0 saturated carbocycles. The zero-order valence-corrected chi connectivity index (χ0v) is 21.6. The maximum atomic E-state index is 12.8. The number of thioether (sulfide) groups is 1. The second kappa shape index (κ2) is 10.8. The lowest BCUT2D eigenvalue weighted by Crippen LogP contribution is -2.17. The highest BCUT2D eigenvalue weighted by molar-refractivity contribution is 7.99. The maximum Gasteiger partial charge on any atom is 0.341 e. The number of aromatic nitrogens is 3. The van der Waals surface area contributed by atoms with Gasteiger partial charge < -0.3 is 14.6 Å². The van der Waals surface area contributed by atoms with Crippen LogP contribution < -0.4 is 5.32 Å². The van der Waals surface area contributed by atoms with Crippen LogP contribution in [0.25, 0.3) is 11.4 Å². The van der Waals surface area contributed by atoms with E-state index in [0.29, 0.717) is 22.3 Å². The standard InChI is InChI=1S/C23H28N4O3S3/c1-4-15-11-14(12-31-15)20-25-26-23(27(20)3)32-13-18(28)24-21-19(22(29)30-5-2)16-9-7-6-8-10-17(16)33-21/h11-12H,4-10,13H2,1-3H3,(H,24,28). The van der Waals surface area contributed by atoms with E-state index in [4.69, 9.17) is 4.74 Å². The summed E-state index contributed by atoms with van der Waals surface area (Å²) in [4.78, 5) is 28.0. The van der Waals surface area contributed by atoms with Gasteiger partial charge in [-0.05, 0) is 50.7 Å². The van der Waals surface area contributed by atoms with E-state index in [1.54, 1.807) is 18.3 Å². The predicted molar refractivity (Wildman–Crippen MR) is 135 cm³/mol. The molecule has 0 saturated heterocycles. The molecule has 0 fully saturated rings. The Balaban J connectivity index is 1.46. The number of anilines is 1. The van der Waals surface area contributed by atoms with Crippen LogP contribution in [0.5, 0.6) is 0 Å². The van der Waals surface area contributed by atoms with Gasteiger partial charge >= 0.3 is 5.97 Å². The van der Waals surface area contributed by atoms with Gasteiger partial charge in [-0.15, -0.1) is 32.9 Å². The van der Waals surface area contributed by atoms with Gasteiger partial charge in [-0.1, -0.05) is 25.1 Å². The lowest BCUT2D eigenvalue weighted by Gasteiger charge is -2.08. The number of ether oxygens (including phenoxy) is 1. The lowest BCUT2D eigenvalue weighted by atomic mass is 10.1. The fraction of sp³-hybridized carbons (Fsp3) is 0.478. The van der Waals surface area contributed by atoms with E-state index >= 15 is 0 Å².